The number of carbonyl (C=O) groups is 2. The van der Waals surface area contributed by atoms with E-state index in [0.717, 1.165) is 19.4 Å². The predicted molar refractivity (Wildman–Crippen MR) is 60.4 cm³/mol. The van der Waals surface area contributed by atoms with Crippen molar-refractivity contribution in [3.8, 4) is 0 Å². The normalized spacial score (nSPS) is 24.1. The van der Waals surface area contributed by atoms with Crippen LogP contribution in [0, 0.1) is 5.92 Å². The maximum Gasteiger partial charge on any atom is 0.321 e. The van der Waals surface area contributed by atoms with Crippen LogP contribution in [0.25, 0.3) is 0 Å². The Morgan fingerprint density at radius 2 is 2.25 bits per heavy atom. The second-order valence-corrected chi connectivity index (χ2v) is 4.03. The van der Waals surface area contributed by atoms with Crippen LogP contribution in [0.2, 0.25) is 0 Å². The van der Waals surface area contributed by atoms with Crippen LogP contribution in [-0.4, -0.2) is 37.1 Å². The lowest BCUT2D eigenvalue weighted by Crippen LogP contribution is -2.42. The Hall–Kier alpha value is -0.810. The van der Waals surface area contributed by atoms with E-state index >= 15 is 0 Å². The minimum Gasteiger partial charge on any atom is -0.378 e. The van der Waals surface area contributed by atoms with Crippen LogP contribution in [0.3, 0.4) is 0 Å². The van der Waals surface area contributed by atoms with Crippen LogP contribution in [0.15, 0.2) is 0 Å². The highest BCUT2D eigenvalue weighted by Crippen LogP contribution is 2.22. The van der Waals surface area contributed by atoms with Crippen molar-refractivity contribution in [3.63, 3.8) is 0 Å². The average molecular weight is 249 g/mol. The van der Waals surface area contributed by atoms with E-state index in [2.05, 4.69) is 17.6 Å². The fourth-order valence-corrected chi connectivity index (χ4v) is 1.87. The lowest BCUT2D eigenvalue weighted by atomic mass is 10.00. The molecule has 1 saturated heterocycles. The van der Waals surface area contributed by atoms with Crippen molar-refractivity contribution in [1.82, 2.24) is 10.6 Å². The predicted octanol–water partition coefficient (Wildman–Crippen LogP) is 0.866. The van der Waals surface area contributed by atoms with Gasteiger partial charge in [-0.2, -0.15) is 0 Å². The van der Waals surface area contributed by atoms with Gasteiger partial charge in [0.1, 0.15) is 5.88 Å². The summed E-state index contributed by atoms with van der Waals surface area (Å²) >= 11 is 5.26. The second kappa shape index (κ2) is 6.70. The number of ether oxygens (including phenoxy) is 1. The molecule has 2 unspecified atom stereocenters. The van der Waals surface area contributed by atoms with Gasteiger partial charge in [0.25, 0.3) is 0 Å². The third-order valence-electron chi connectivity index (χ3n) is 2.65. The van der Waals surface area contributed by atoms with Crippen LogP contribution in [0.5, 0.6) is 0 Å². The van der Waals surface area contributed by atoms with E-state index in [9.17, 15) is 9.59 Å². The Kier molecular flexibility index (Phi) is 5.55. The first-order valence-electron chi connectivity index (χ1n) is 5.42. The summed E-state index contributed by atoms with van der Waals surface area (Å²) in [6, 6.07) is -0.493. The minimum atomic E-state index is -0.493. The maximum atomic E-state index is 11.2. The lowest BCUT2D eigenvalue weighted by Gasteiger charge is -2.17. The zero-order chi connectivity index (χ0) is 12.0. The summed E-state index contributed by atoms with van der Waals surface area (Å²) in [5.74, 6) is -0.367. The standard InChI is InChI=1S/C10H17ClN2O3/c1-2-8-7(3-4-16-8)6-12-10(15)13-9(14)5-11/h7-8H,2-6H2,1H3,(H2,12,13,14,15). The van der Waals surface area contributed by atoms with E-state index in [4.69, 9.17) is 16.3 Å². The Labute approximate surface area is 99.9 Å². The Balaban J connectivity index is 2.23. The van der Waals surface area contributed by atoms with Gasteiger partial charge in [0.05, 0.1) is 6.10 Å². The number of halogens is 1. The Morgan fingerprint density at radius 1 is 1.50 bits per heavy atom. The van der Waals surface area contributed by atoms with Gasteiger partial charge >= 0.3 is 6.03 Å². The summed E-state index contributed by atoms with van der Waals surface area (Å²) in [6.07, 6.45) is 2.10. The van der Waals surface area contributed by atoms with Crippen LogP contribution >= 0.6 is 11.6 Å². The summed E-state index contributed by atoms with van der Waals surface area (Å²) < 4.78 is 5.49. The van der Waals surface area contributed by atoms with Gasteiger partial charge in [0, 0.05) is 19.1 Å². The van der Waals surface area contributed by atoms with Crippen LogP contribution in [-0.2, 0) is 9.53 Å². The molecular formula is C10H17ClN2O3. The van der Waals surface area contributed by atoms with E-state index in [1.165, 1.54) is 0 Å². The summed E-state index contributed by atoms with van der Waals surface area (Å²) in [5, 5.41) is 4.77. The van der Waals surface area contributed by atoms with Gasteiger partial charge in [-0.15, -0.1) is 11.6 Å². The van der Waals surface area contributed by atoms with Crippen LogP contribution in [0.4, 0.5) is 4.79 Å². The molecule has 92 valence electrons. The number of alkyl halides is 1. The molecule has 0 radical (unpaired) electrons. The van der Waals surface area contributed by atoms with Gasteiger partial charge in [0.15, 0.2) is 0 Å². The van der Waals surface area contributed by atoms with Gasteiger partial charge in [-0.05, 0) is 12.8 Å². The van der Waals surface area contributed by atoms with Crippen molar-refractivity contribution in [3.05, 3.63) is 0 Å². The molecule has 0 aromatic heterocycles. The number of imide groups is 1. The third-order valence-corrected chi connectivity index (χ3v) is 2.89. The fourth-order valence-electron chi connectivity index (χ4n) is 1.81. The molecule has 0 aliphatic carbocycles. The van der Waals surface area contributed by atoms with E-state index in [-0.39, 0.29) is 12.0 Å². The first kappa shape index (κ1) is 13.3. The molecule has 1 heterocycles. The smallest absolute Gasteiger partial charge is 0.321 e. The number of urea groups is 1. The fraction of sp³-hybridized carbons (Fsp3) is 0.800. The number of amides is 3. The number of carbonyl (C=O) groups excluding carboxylic acids is 2. The van der Waals surface area contributed by atoms with E-state index in [1.807, 2.05) is 0 Å². The van der Waals surface area contributed by atoms with E-state index in [1.54, 1.807) is 0 Å². The topological polar surface area (TPSA) is 67.4 Å². The number of hydrogen-bond donors (Lipinski definition) is 2. The molecule has 2 N–H and O–H groups in total. The van der Waals surface area contributed by atoms with Crippen molar-refractivity contribution in [2.45, 2.75) is 25.9 Å². The molecule has 6 heteroatoms. The van der Waals surface area contributed by atoms with Crippen molar-refractivity contribution < 1.29 is 14.3 Å². The summed E-state index contributed by atoms with van der Waals surface area (Å²) in [6.45, 7) is 3.33. The zero-order valence-electron chi connectivity index (χ0n) is 9.29. The SMILES string of the molecule is CCC1OCCC1CNC(=O)NC(=O)CCl. The van der Waals surface area contributed by atoms with Crippen LogP contribution in [0.1, 0.15) is 19.8 Å². The maximum absolute atomic E-state index is 11.2. The molecule has 16 heavy (non-hydrogen) atoms. The molecule has 0 spiro atoms. The molecule has 1 aliphatic rings. The van der Waals surface area contributed by atoms with E-state index in [0.29, 0.717) is 12.5 Å². The van der Waals surface area contributed by atoms with Gasteiger partial charge in [-0.25, -0.2) is 4.79 Å². The first-order chi connectivity index (χ1) is 7.67. The number of hydrogen-bond acceptors (Lipinski definition) is 3. The van der Waals surface area contributed by atoms with Crippen molar-refractivity contribution in [2.24, 2.45) is 5.92 Å². The molecule has 3 amide bonds. The summed E-state index contributed by atoms with van der Waals surface area (Å²) in [7, 11) is 0. The highest BCUT2D eigenvalue weighted by atomic mass is 35.5. The zero-order valence-corrected chi connectivity index (χ0v) is 10.0. The number of rotatable bonds is 4. The summed E-state index contributed by atoms with van der Waals surface area (Å²) in [4.78, 5) is 22.0. The Bertz CT molecular complexity index is 260. The van der Waals surface area contributed by atoms with Crippen molar-refractivity contribution >= 4 is 23.5 Å². The highest BCUT2D eigenvalue weighted by molar-refractivity contribution is 6.28. The first-order valence-corrected chi connectivity index (χ1v) is 5.96. The lowest BCUT2D eigenvalue weighted by molar-refractivity contribution is -0.117. The van der Waals surface area contributed by atoms with Crippen molar-refractivity contribution in [1.29, 1.82) is 0 Å². The largest absolute Gasteiger partial charge is 0.378 e. The molecule has 0 aromatic carbocycles. The molecule has 1 fully saturated rings. The molecule has 2 atom stereocenters. The molecule has 1 aliphatic heterocycles. The number of nitrogens with one attached hydrogen (secondary N) is 2. The summed E-state index contributed by atoms with van der Waals surface area (Å²) in [5.41, 5.74) is 0. The van der Waals surface area contributed by atoms with Gasteiger partial charge in [0.2, 0.25) is 5.91 Å². The van der Waals surface area contributed by atoms with Gasteiger partial charge in [-0.1, -0.05) is 6.92 Å². The molecule has 5 nitrogen and oxygen atoms in total. The molecule has 0 aromatic rings. The molecular weight excluding hydrogens is 232 g/mol. The molecule has 0 bridgehead atoms. The van der Waals surface area contributed by atoms with Gasteiger partial charge in [-0.3, -0.25) is 10.1 Å². The monoisotopic (exact) mass is 248 g/mol. The van der Waals surface area contributed by atoms with E-state index < -0.39 is 11.9 Å². The minimum absolute atomic E-state index is 0.211. The second-order valence-electron chi connectivity index (χ2n) is 3.76. The third kappa shape index (κ3) is 3.98. The van der Waals surface area contributed by atoms with Crippen LogP contribution < -0.4 is 10.6 Å². The quantitative estimate of drug-likeness (QED) is 0.726. The highest BCUT2D eigenvalue weighted by Gasteiger charge is 2.26. The van der Waals surface area contributed by atoms with Gasteiger partial charge < -0.3 is 10.1 Å². The van der Waals surface area contributed by atoms with Crippen molar-refractivity contribution in [2.75, 3.05) is 19.0 Å². The Morgan fingerprint density at radius 3 is 2.88 bits per heavy atom. The molecule has 1 rings (SSSR count). The average Bonchev–Trinajstić information content (AvgIpc) is 2.73. The molecule has 0 saturated carbocycles.